The molecule has 0 unspecified atom stereocenters. The number of benzene rings is 1. The third-order valence-corrected chi connectivity index (χ3v) is 3.98. The number of ether oxygens (including phenoxy) is 1. The highest BCUT2D eigenvalue weighted by Crippen LogP contribution is 2.18. The minimum atomic E-state index is 0. The van der Waals surface area contributed by atoms with Gasteiger partial charge in [0, 0.05) is 32.7 Å². The molecule has 22 heavy (non-hydrogen) atoms. The summed E-state index contributed by atoms with van der Waals surface area (Å²) in [4.78, 5) is 14.4. The molecule has 1 fully saturated rings. The van der Waals surface area contributed by atoms with Crippen molar-refractivity contribution >= 4 is 18.3 Å². The number of hydrogen-bond acceptors (Lipinski definition) is 3. The topological polar surface area (TPSA) is 55.6 Å². The standard InChI is InChI=1S/C17H26N2O2.ClH/c18-10-4-7-17(20)19(13-15-5-2-1-3-6-15)14-16-8-11-21-12-9-16;/h1-3,5-6,16H,4,7-14,18H2;1H. The van der Waals surface area contributed by atoms with E-state index in [-0.39, 0.29) is 18.3 Å². The lowest BCUT2D eigenvalue weighted by atomic mass is 9.99. The van der Waals surface area contributed by atoms with Gasteiger partial charge in [-0.15, -0.1) is 12.4 Å². The van der Waals surface area contributed by atoms with E-state index in [1.807, 2.05) is 23.1 Å². The van der Waals surface area contributed by atoms with Crippen LogP contribution in [0.15, 0.2) is 30.3 Å². The Morgan fingerprint density at radius 2 is 1.91 bits per heavy atom. The number of halogens is 1. The zero-order valence-electron chi connectivity index (χ0n) is 13.1. The highest BCUT2D eigenvalue weighted by molar-refractivity contribution is 5.85. The molecule has 1 amide bonds. The molecule has 1 aliphatic heterocycles. The van der Waals surface area contributed by atoms with Crippen molar-refractivity contribution in [2.24, 2.45) is 11.7 Å². The van der Waals surface area contributed by atoms with E-state index in [9.17, 15) is 4.79 Å². The van der Waals surface area contributed by atoms with Crippen molar-refractivity contribution in [2.75, 3.05) is 26.3 Å². The van der Waals surface area contributed by atoms with Crippen LogP contribution in [0.25, 0.3) is 0 Å². The Hall–Kier alpha value is -1.10. The zero-order valence-corrected chi connectivity index (χ0v) is 13.9. The molecule has 1 saturated heterocycles. The van der Waals surface area contributed by atoms with Gasteiger partial charge in [0.2, 0.25) is 5.91 Å². The van der Waals surface area contributed by atoms with E-state index in [0.717, 1.165) is 39.0 Å². The Morgan fingerprint density at radius 1 is 1.23 bits per heavy atom. The van der Waals surface area contributed by atoms with Crippen LogP contribution in [0.3, 0.4) is 0 Å². The second kappa shape index (κ2) is 10.6. The van der Waals surface area contributed by atoms with Gasteiger partial charge in [0.05, 0.1) is 0 Å². The Balaban J connectivity index is 0.00000242. The van der Waals surface area contributed by atoms with Gasteiger partial charge in [-0.3, -0.25) is 4.79 Å². The molecule has 0 aromatic heterocycles. The summed E-state index contributed by atoms with van der Waals surface area (Å²) in [6.45, 7) is 3.74. The molecule has 1 aromatic rings. The average molecular weight is 327 g/mol. The van der Waals surface area contributed by atoms with Crippen molar-refractivity contribution in [1.82, 2.24) is 4.90 Å². The lowest BCUT2D eigenvalue weighted by Gasteiger charge is -2.30. The van der Waals surface area contributed by atoms with Crippen molar-refractivity contribution in [3.8, 4) is 0 Å². The van der Waals surface area contributed by atoms with Gasteiger partial charge in [0.1, 0.15) is 0 Å². The van der Waals surface area contributed by atoms with Crippen molar-refractivity contribution in [3.63, 3.8) is 0 Å². The number of nitrogens with two attached hydrogens (primary N) is 1. The summed E-state index contributed by atoms with van der Waals surface area (Å²) in [5.74, 6) is 0.778. The van der Waals surface area contributed by atoms with Crippen LogP contribution in [-0.4, -0.2) is 37.1 Å². The summed E-state index contributed by atoms with van der Waals surface area (Å²) >= 11 is 0. The summed E-state index contributed by atoms with van der Waals surface area (Å²) < 4.78 is 5.40. The van der Waals surface area contributed by atoms with Gasteiger partial charge < -0.3 is 15.4 Å². The first-order valence-electron chi connectivity index (χ1n) is 7.89. The van der Waals surface area contributed by atoms with Crippen molar-refractivity contribution in [1.29, 1.82) is 0 Å². The number of nitrogens with zero attached hydrogens (tertiary/aromatic N) is 1. The summed E-state index contributed by atoms with van der Waals surface area (Å²) in [6.07, 6.45) is 3.41. The van der Waals surface area contributed by atoms with Crippen molar-refractivity contribution in [3.05, 3.63) is 35.9 Å². The normalized spacial score (nSPS) is 15.1. The number of carbonyl (C=O) groups is 1. The van der Waals surface area contributed by atoms with Crippen LogP contribution in [0, 0.1) is 5.92 Å². The van der Waals surface area contributed by atoms with Gasteiger partial charge in [-0.2, -0.15) is 0 Å². The molecule has 4 nitrogen and oxygen atoms in total. The zero-order chi connectivity index (χ0) is 14.9. The Kier molecular flexibility index (Phi) is 9.13. The summed E-state index contributed by atoms with van der Waals surface area (Å²) in [5, 5.41) is 0. The first kappa shape index (κ1) is 18.9. The number of rotatable bonds is 7. The van der Waals surface area contributed by atoms with E-state index in [4.69, 9.17) is 10.5 Å². The molecule has 0 atom stereocenters. The van der Waals surface area contributed by atoms with Crippen LogP contribution < -0.4 is 5.73 Å². The maximum atomic E-state index is 12.4. The third-order valence-electron chi connectivity index (χ3n) is 3.98. The van der Waals surface area contributed by atoms with Crippen LogP contribution >= 0.6 is 12.4 Å². The SMILES string of the molecule is Cl.NCCCC(=O)N(Cc1ccccc1)CC1CCOCC1. The van der Waals surface area contributed by atoms with Crippen LogP contribution in [0.4, 0.5) is 0 Å². The Morgan fingerprint density at radius 3 is 2.55 bits per heavy atom. The molecule has 1 aromatic carbocycles. The smallest absolute Gasteiger partial charge is 0.222 e. The second-order valence-electron chi connectivity index (χ2n) is 5.71. The van der Waals surface area contributed by atoms with E-state index >= 15 is 0 Å². The Labute approximate surface area is 139 Å². The van der Waals surface area contributed by atoms with Crippen molar-refractivity contribution in [2.45, 2.75) is 32.2 Å². The minimum Gasteiger partial charge on any atom is -0.381 e. The lowest BCUT2D eigenvalue weighted by Crippen LogP contribution is -2.36. The van der Waals surface area contributed by atoms with Gasteiger partial charge in [0.15, 0.2) is 0 Å². The van der Waals surface area contributed by atoms with Crippen molar-refractivity contribution < 1.29 is 9.53 Å². The fourth-order valence-electron chi connectivity index (χ4n) is 2.71. The maximum Gasteiger partial charge on any atom is 0.222 e. The molecular weight excluding hydrogens is 300 g/mol. The van der Waals surface area contributed by atoms with Gasteiger partial charge in [0.25, 0.3) is 0 Å². The first-order valence-corrected chi connectivity index (χ1v) is 7.89. The van der Waals surface area contributed by atoms with E-state index in [1.165, 1.54) is 5.56 Å². The van der Waals surface area contributed by atoms with E-state index < -0.39 is 0 Å². The van der Waals surface area contributed by atoms with E-state index in [0.29, 0.717) is 25.4 Å². The largest absolute Gasteiger partial charge is 0.381 e. The summed E-state index contributed by atoms with van der Waals surface area (Å²) in [5.41, 5.74) is 6.71. The van der Waals surface area contributed by atoms with Gasteiger partial charge in [-0.05, 0) is 37.3 Å². The first-order chi connectivity index (χ1) is 10.3. The summed E-state index contributed by atoms with van der Waals surface area (Å²) in [6, 6.07) is 10.2. The molecule has 0 saturated carbocycles. The summed E-state index contributed by atoms with van der Waals surface area (Å²) in [7, 11) is 0. The molecule has 124 valence electrons. The number of hydrogen-bond donors (Lipinski definition) is 1. The molecular formula is C17H27ClN2O2. The number of amides is 1. The predicted molar refractivity (Wildman–Crippen MR) is 90.9 cm³/mol. The van der Waals surface area contributed by atoms with Crippen LogP contribution in [0.1, 0.15) is 31.2 Å². The molecule has 0 bridgehead atoms. The molecule has 2 N–H and O–H groups in total. The van der Waals surface area contributed by atoms with E-state index in [2.05, 4.69) is 12.1 Å². The maximum absolute atomic E-state index is 12.4. The molecule has 0 radical (unpaired) electrons. The van der Waals surface area contributed by atoms with Gasteiger partial charge in [-0.25, -0.2) is 0 Å². The molecule has 5 heteroatoms. The lowest BCUT2D eigenvalue weighted by molar-refractivity contribution is -0.133. The molecule has 1 aliphatic rings. The highest BCUT2D eigenvalue weighted by Gasteiger charge is 2.21. The highest BCUT2D eigenvalue weighted by atomic mass is 35.5. The van der Waals surface area contributed by atoms with E-state index in [1.54, 1.807) is 0 Å². The third kappa shape index (κ3) is 6.34. The fraction of sp³-hybridized carbons (Fsp3) is 0.588. The quantitative estimate of drug-likeness (QED) is 0.838. The van der Waals surface area contributed by atoms with Crippen LogP contribution in [-0.2, 0) is 16.1 Å². The predicted octanol–water partition coefficient (Wildman–Crippen LogP) is 2.60. The number of carbonyl (C=O) groups excluding carboxylic acids is 1. The Bertz CT molecular complexity index is 422. The van der Waals surface area contributed by atoms with Gasteiger partial charge >= 0.3 is 0 Å². The van der Waals surface area contributed by atoms with Crippen LogP contribution in [0.5, 0.6) is 0 Å². The fourth-order valence-corrected chi connectivity index (χ4v) is 2.71. The van der Waals surface area contributed by atoms with Crippen LogP contribution in [0.2, 0.25) is 0 Å². The molecule has 2 rings (SSSR count). The molecule has 1 heterocycles. The second-order valence-corrected chi connectivity index (χ2v) is 5.71. The minimum absolute atomic E-state index is 0. The monoisotopic (exact) mass is 326 g/mol. The molecule has 0 aliphatic carbocycles. The average Bonchev–Trinajstić information content (AvgIpc) is 2.54. The van der Waals surface area contributed by atoms with Gasteiger partial charge in [-0.1, -0.05) is 30.3 Å². The molecule has 0 spiro atoms.